The largest absolute Gasteiger partial charge is 0.330 e. The Morgan fingerprint density at radius 1 is 1.39 bits per heavy atom. The molecule has 0 radical (unpaired) electrons. The van der Waals surface area contributed by atoms with Crippen LogP contribution in [0.25, 0.3) is 0 Å². The van der Waals surface area contributed by atoms with E-state index in [2.05, 4.69) is 17.9 Å². The second kappa shape index (κ2) is 6.55. The molecule has 2 nitrogen and oxygen atoms in total. The van der Waals surface area contributed by atoms with Gasteiger partial charge >= 0.3 is 0 Å². The van der Waals surface area contributed by atoms with Crippen LogP contribution >= 0.6 is 11.6 Å². The summed E-state index contributed by atoms with van der Waals surface area (Å²) in [7, 11) is 0. The van der Waals surface area contributed by atoms with Crippen molar-refractivity contribution in [1.82, 2.24) is 4.90 Å². The van der Waals surface area contributed by atoms with E-state index in [9.17, 15) is 0 Å². The first-order valence-electron chi connectivity index (χ1n) is 6.87. The van der Waals surface area contributed by atoms with Gasteiger partial charge in [-0.05, 0) is 49.5 Å². The molecule has 2 N–H and O–H groups in total. The number of benzene rings is 1. The second-order valence-corrected chi connectivity index (χ2v) is 5.91. The molecule has 0 aromatic heterocycles. The van der Waals surface area contributed by atoms with Gasteiger partial charge in [-0.15, -0.1) is 0 Å². The minimum Gasteiger partial charge on any atom is -0.330 e. The van der Waals surface area contributed by atoms with Crippen LogP contribution in [0.15, 0.2) is 24.3 Å². The maximum Gasteiger partial charge on any atom is 0.0408 e. The average Bonchev–Trinajstić information content (AvgIpc) is 2.38. The summed E-state index contributed by atoms with van der Waals surface area (Å²) in [6.07, 6.45) is 2.62. The molecule has 1 heterocycles. The fraction of sp³-hybridized carbons (Fsp3) is 0.600. The van der Waals surface area contributed by atoms with Crippen molar-refractivity contribution in [1.29, 1.82) is 0 Å². The summed E-state index contributed by atoms with van der Waals surface area (Å²) in [5, 5.41) is 0.804. The topological polar surface area (TPSA) is 29.3 Å². The standard InChI is InChI=1S/C15H23ClN2/c1-12-5-7-18(8-6-12)11-14(10-17)13-3-2-4-15(16)9-13/h2-4,9,12,14H,5-8,10-11,17H2,1H3. The molecule has 100 valence electrons. The maximum atomic E-state index is 6.05. The molecule has 0 aliphatic carbocycles. The van der Waals surface area contributed by atoms with Crippen LogP contribution in [-0.2, 0) is 0 Å². The Morgan fingerprint density at radius 2 is 2.11 bits per heavy atom. The molecule has 1 aromatic carbocycles. The predicted octanol–water partition coefficient (Wildman–Crippen LogP) is 3.11. The molecule has 1 saturated heterocycles. The van der Waals surface area contributed by atoms with Crippen LogP contribution in [0, 0.1) is 5.92 Å². The van der Waals surface area contributed by atoms with Gasteiger partial charge in [-0.25, -0.2) is 0 Å². The van der Waals surface area contributed by atoms with Gasteiger partial charge in [0, 0.05) is 24.0 Å². The van der Waals surface area contributed by atoms with Crippen LogP contribution in [0.2, 0.25) is 5.02 Å². The Morgan fingerprint density at radius 3 is 2.72 bits per heavy atom. The Kier molecular flexibility index (Phi) is 5.04. The number of rotatable bonds is 4. The molecule has 0 saturated carbocycles. The van der Waals surface area contributed by atoms with Gasteiger partial charge in [-0.2, -0.15) is 0 Å². The van der Waals surface area contributed by atoms with Crippen molar-refractivity contribution in [3.8, 4) is 0 Å². The molecular weight excluding hydrogens is 244 g/mol. The summed E-state index contributed by atoms with van der Waals surface area (Å²) in [6, 6.07) is 8.11. The molecule has 1 aliphatic heterocycles. The van der Waals surface area contributed by atoms with Gasteiger partial charge < -0.3 is 10.6 Å². The zero-order valence-electron chi connectivity index (χ0n) is 11.1. The lowest BCUT2D eigenvalue weighted by Gasteiger charge is -2.33. The molecule has 0 bridgehead atoms. The van der Waals surface area contributed by atoms with Crippen LogP contribution in [0.3, 0.4) is 0 Å². The van der Waals surface area contributed by atoms with Gasteiger partial charge in [0.1, 0.15) is 0 Å². The normalized spacial score (nSPS) is 19.9. The minimum atomic E-state index is 0.400. The quantitative estimate of drug-likeness (QED) is 0.907. The van der Waals surface area contributed by atoms with Crippen molar-refractivity contribution in [2.45, 2.75) is 25.7 Å². The van der Waals surface area contributed by atoms with E-state index < -0.39 is 0 Å². The molecule has 1 aliphatic rings. The highest BCUT2D eigenvalue weighted by molar-refractivity contribution is 6.30. The Bertz CT molecular complexity index is 373. The predicted molar refractivity (Wildman–Crippen MR) is 78.1 cm³/mol. The Balaban J connectivity index is 1.97. The third kappa shape index (κ3) is 3.71. The first kappa shape index (κ1) is 13.9. The Labute approximate surface area is 115 Å². The highest BCUT2D eigenvalue weighted by Crippen LogP contribution is 2.23. The van der Waals surface area contributed by atoms with Crippen LogP contribution in [0.5, 0.6) is 0 Å². The molecule has 0 spiro atoms. The summed E-state index contributed by atoms with van der Waals surface area (Å²) in [5.74, 6) is 1.28. The highest BCUT2D eigenvalue weighted by atomic mass is 35.5. The lowest BCUT2D eigenvalue weighted by Crippen LogP contribution is -2.37. The van der Waals surface area contributed by atoms with Crippen molar-refractivity contribution in [3.63, 3.8) is 0 Å². The molecule has 1 unspecified atom stereocenters. The number of halogens is 1. The molecular formula is C15H23ClN2. The molecule has 2 rings (SSSR count). The van der Waals surface area contributed by atoms with Crippen molar-refractivity contribution in [2.24, 2.45) is 11.7 Å². The van der Waals surface area contributed by atoms with Gasteiger partial charge in [0.05, 0.1) is 0 Å². The molecule has 3 heteroatoms. The van der Waals surface area contributed by atoms with E-state index in [1.807, 2.05) is 18.2 Å². The third-order valence-corrected chi connectivity index (χ3v) is 4.19. The van der Waals surface area contributed by atoms with Gasteiger partial charge in [0.2, 0.25) is 0 Å². The summed E-state index contributed by atoms with van der Waals surface area (Å²) < 4.78 is 0. The molecule has 1 fully saturated rings. The monoisotopic (exact) mass is 266 g/mol. The summed E-state index contributed by atoms with van der Waals surface area (Å²) in [6.45, 7) is 6.50. The van der Waals surface area contributed by atoms with Crippen molar-refractivity contribution >= 4 is 11.6 Å². The maximum absolute atomic E-state index is 6.05. The van der Waals surface area contributed by atoms with E-state index in [4.69, 9.17) is 17.3 Å². The lowest BCUT2D eigenvalue weighted by atomic mass is 9.95. The van der Waals surface area contributed by atoms with Crippen LogP contribution in [0.1, 0.15) is 31.2 Å². The molecule has 1 aromatic rings. The first-order valence-corrected chi connectivity index (χ1v) is 7.24. The number of nitrogens with zero attached hydrogens (tertiary/aromatic N) is 1. The van der Waals surface area contributed by atoms with E-state index in [1.54, 1.807) is 0 Å². The Hall–Kier alpha value is -0.570. The number of piperidine rings is 1. The van der Waals surface area contributed by atoms with Crippen molar-refractivity contribution in [3.05, 3.63) is 34.9 Å². The fourth-order valence-electron chi connectivity index (χ4n) is 2.63. The first-order chi connectivity index (χ1) is 8.69. The average molecular weight is 267 g/mol. The SMILES string of the molecule is CC1CCN(CC(CN)c2cccc(Cl)c2)CC1. The zero-order chi connectivity index (χ0) is 13.0. The number of hydrogen-bond donors (Lipinski definition) is 1. The zero-order valence-corrected chi connectivity index (χ0v) is 11.9. The van der Waals surface area contributed by atoms with Crippen molar-refractivity contribution in [2.75, 3.05) is 26.2 Å². The summed E-state index contributed by atoms with van der Waals surface area (Å²) in [5.41, 5.74) is 7.20. The highest BCUT2D eigenvalue weighted by Gasteiger charge is 2.19. The smallest absolute Gasteiger partial charge is 0.0408 e. The number of nitrogens with two attached hydrogens (primary N) is 1. The van der Waals surface area contributed by atoms with Gasteiger partial charge in [-0.1, -0.05) is 30.7 Å². The molecule has 18 heavy (non-hydrogen) atoms. The summed E-state index contributed by atoms with van der Waals surface area (Å²) >= 11 is 6.05. The number of likely N-dealkylation sites (tertiary alicyclic amines) is 1. The fourth-order valence-corrected chi connectivity index (χ4v) is 2.83. The van der Waals surface area contributed by atoms with Crippen LogP contribution < -0.4 is 5.73 Å². The van der Waals surface area contributed by atoms with Gasteiger partial charge in [0.25, 0.3) is 0 Å². The van der Waals surface area contributed by atoms with Gasteiger partial charge in [0.15, 0.2) is 0 Å². The minimum absolute atomic E-state index is 0.400. The third-order valence-electron chi connectivity index (χ3n) is 3.96. The lowest BCUT2D eigenvalue weighted by molar-refractivity contribution is 0.183. The van der Waals surface area contributed by atoms with Gasteiger partial charge in [-0.3, -0.25) is 0 Å². The van der Waals surface area contributed by atoms with E-state index in [1.165, 1.54) is 31.5 Å². The van der Waals surface area contributed by atoms with E-state index in [-0.39, 0.29) is 0 Å². The molecule has 1 atom stereocenters. The van der Waals surface area contributed by atoms with E-state index in [0.717, 1.165) is 17.5 Å². The summed E-state index contributed by atoms with van der Waals surface area (Å²) in [4.78, 5) is 2.54. The van der Waals surface area contributed by atoms with Crippen LogP contribution in [-0.4, -0.2) is 31.1 Å². The number of hydrogen-bond acceptors (Lipinski definition) is 2. The molecule has 0 amide bonds. The van der Waals surface area contributed by atoms with E-state index >= 15 is 0 Å². The van der Waals surface area contributed by atoms with Crippen molar-refractivity contribution < 1.29 is 0 Å². The second-order valence-electron chi connectivity index (χ2n) is 5.47. The van der Waals surface area contributed by atoms with Crippen LogP contribution in [0.4, 0.5) is 0 Å². The van der Waals surface area contributed by atoms with E-state index in [0.29, 0.717) is 12.5 Å².